The van der Waals surface area contributed by atoms with Crippen molar-refractivity contribution >= 4 is 23.4 Å². The van der Waals surface area contributed by atoms with Gasteiger partial charge in [0.2, 0.25) is 17.7 Å². The van der Waals surface area contributed by atoms with Crippen LogP contribution in [0.25, 0.3) is 0 Å². The molecule has 0 aliphatic heterocycles. The highest BCUT2D eigenvalue weighted by molar-refractivity contribution is 5.80. The fourth-order valence-electron chi connectivity index (χ4n) is 1.24. The molecule has 0 aliphatic carbocycles. The van der Waals surface area contributed by atoms with Crippen LogP contribution >= 0.6 is 0 Å². The smallest absolute Gasteiger partial charge is 0.329 e. The van der Waals surface area contributed by atoms with Gasteiger partial charge in [-0.3, -0.25) is 14.9 Å². The average Bonchev–Trinajstić information content (AvgIpc) is 2.23. The molecule has 0 aliphatic rings. The zero-order valence-electron chi connectivity index (χ0n) is 10.9. The molecular weight excluding hydrogens is 252 g/mol. The molecule has 19 heavy (non-hydrogen) atoms. The van der Waals surface area contributed by atoms with Crippen molar-refractivity contribution in [1.82, 2.24) is 15.3 Å². The molecule has 9 nitrogen and oxygen atoms in total. The highest BCUT2D eigenvalue weighted by Gasteiger charge is 2.16. The molecule has 1 heterocycles. The van der Waals surface area contributed by atoms with Crippen molar-refractivity contribution in [3.63, 3.8) is 0 Å². The number of anilines is 2. The summed E-state index contributed by atoms with van der Waals surface area (Å²) < 4.78 is 0. The van der Waals surface area contributed by atoms with Gasteiger partial charge in [-0.2, -0.15) is 4.98 Å². The van der Waals surface area contributed by atoms with Gasteiger partial charge in [0.15, 0.2) is 0 Å². The number of carbonyl (C=O) groups is 1. The minimum Gasteiger partial charge on any atom is -0.378 e. The van der Waals surface area contributed by atoms with Gasteiger partial charge in [-0.15, -0.1) is 0 Å². The zero-order valence-corrected chi connectivity index (χ0v) is 10.9. The quantitative estimate of drug-likeness (QED) is 0.527. The summed E-state index contributed by atoms with van der Waals surface area (Å²) in [6.07, 6.45) is 0.992. The Kier molecular flexibility index (Phi) is 4.20. The first kappa shape index (κ1) is 14.6. The Morgan fingerprint density at radius 2 is 2.16 bits per heavy atom. The molecular formula is C10H16N6O3. The molecule has 0 saturated heterocycles. The molecule has 0 unspecified atom stereocenters. The van der Waals surface area contributed by atoms with E-state index in [9.17, 15) is 14.9 Å². The van der Waals surface area contributed by atoms with Gasteiger partial charge in [-0.1, -0.05) is 0 Å². The van der Waals surface area contributed by atoms with E-state index in [0.717, 1.165) is 6.20 Å². The molecule has 9 heteroatoms. The van der Waals surface area contributed by atoms with Crippen LogP contribution in [0.5, 0.6) is 0 Å². The molecule has 1 aromatic rings. The first-order valence-corrected chi connectivity index (χ1v) is 5.51. The van der Waals surface area contributed by atoms with Crippen LogP contribution in [0.15, 0.2) is 6.20 Å². The summed E-state index contributed by atoms with van der Waals surface area (Å²) in [4.78, 5) is 28.8. The Labute approximate surface area is 109 Å². The fourth-order valence-corrected chi connectivity index (χ4v) is 1.24. The number of hydrogen-bond donors (Lipinski definition) is 3. The van der Waals surface area contributed by atoms with E-state index >= 15 is 0 Å². The highest BCUT2D eigenvalue weighted by atomic mass is 16.6. The van der Waals surface area contributed by atoms with E-state index in [-0.39, 0.29) is 35.4 Å². The molecule has 0 spiro atoms. The SMILES string of the molecule is CC(C)(C)NC(=O)CNc1ncc([N+](=O)[O-])c(N)n1. The van der Waals surface area contributed by atoms with E-state index in [0.29, 0.717) is 0 Å². The maximum absolute atomic E-state index is 11.5. The van der Waals surface area contributed by atoms with Crippen LogP contribution in [-0.2, 0) is 4.79 Å². The standard InChI is InChI=1S/C10H16N6O3/c1-10(2,3)15-7(17)5-13-9-12-4-6(16(18)19)8(11)14-9/h4H,5H2,1-3H3,(H,15,17)(H3,11,12,13,14). The van der Waals surface area contributed by atoms with E-state index in [1.807, 2.05) is 20.8 Å². The third kappa shape index (κ3) is 4.74. The van der Waals surface area contributed by atoms with Gasteiger partial charge < -0.3 is 16.4 Å². The third-order valence-electron chi connectivity index (χ3n) is 1.92. The van der Waals surface area contributed by atoms with E-state index < -0.39 is 4.92 Å². The monoisotopic (exact) mass is 268 g/mol. The van der Waals surface area contributed by atoms with E-state index in [2.05, 4.69) is 20.6 Å². The lowest BCUT2D eigenvalue weighted by atomic mass is 10.1. The Balaban J connectivity index is 2.62. The number of nitro groups is 1. The first-order chi connectivity index (χ1) is 8.69. The molecule has 0 fully saturated rings. The molecule has 0 radical (unpaired) electrons. The van der Waals surface area contributed by atoms with Gasteiger partial charge in [0.05, 0.1) is 11.5 Å². The molecule has 0 aromatic carbocycles. The van der Waals surface area contributed by atoms with Crippen LogP contribution in [0.3, 0.4) is 0 Å². The topological polar surface area (TPSA) is 136 Å². The van der Waals surface area contributed by atoms with Crippen LogP contribution in [0.1, 0.15) is 20.8 Å². The van der Waals surface area contributed by atoms with Crippen LogP contribution in [-0.4, -0.2) is 32.9 Å². The number of nitrogens with zero attached hydrogens (tertiary/aromatic N) is 3. The van der Waals surface area contributed by atoms with Crippen molar-refractivity contribution < 1.29 is 9.72 Å². The molecule has 1 aromatic heterocycles. The zero-order chi connectivity index (χ0) is 14.6. The molecule has 1 rings (SSSR count). The molecule has 4 N–H and O–H groups in total. The summed E-state index contributed by atoms with van der Waals surface area (Å²) in [5.41, 5.74) is 4.69. The molecule has 0 saturated carbocycles. The summed E-state index contributed by atoms with van der Waals surface area (Å²) >= 11 is 0. The number of nitrogen functional groups attached to an aromatic ring is 1. The Morgan fingerprint density at radius 1 is 1.53 bits per heavy atom. The van der Waals surface area contributed by atoms with Crippen molar-refractivity contribution in [2.75, 3.05) is 17.6 Å². The summed E-state index contributed by atoms with van der Waals surface area (Å²) in [6, 6.07) is 0. The minimum absolute atomic E-state index is 0.0471. The summed E-state index contributed by atoms with van der Waals surface area (Å²) in [5, 5.41) is 15.9. The highest BCUT2D eigenvalue weighted by Crippen LogP contribution is 2.17. The number of rotatable bonds is 4. The van der Waals surface area contributed by atoms with E-state index in [1.165, 1.54) is 0 Å². The van der Waals surface area contributed by atoms with Gasteiger partial charge in [0.1, 0.15) is 6.20 Å². The first-order valence-electron chi connectivity index (χ1n) is 5.51. The number of aromatic nitrogens is 2. The Bertz CT molecular complexity index is 497. The number of hydrogen-bond acceptors (Lipinski definition) is 7. The lowest BCUT2D eigenvalue weighted by Crippen LogP contribution is -2.43. The van der Waals surface area contributed by atoms with Gasteiger partial charge >= 0.3 is 5.69 Å². The fraction of sp³-hybridized carbons (Fsp3) is 0.500. The van der Waals surface area contributed by atoms with Gasteiger partial charge in [-0.05, 0) is 20.8 Å². The number of nitrogens with one attached hydrogen (secondary N) is 2. The predicted octanol–water partition coefficient (Wildman–Crippen LogP) is 0.294. The second-order valence-electron chi connectivity index (χ2n) is 4.87. The third-order valence-corrected chi connectivity index (χ3v) is 1.92. The second kappa shape index (κ2) is 5.46. The number of carbonyl (C=O) groups excluding carboxylic acids is 1. The summed E-state index contributed by atoms with van der Waals surface area (Å²) in [7, 11) is 0. The predicted molar refractivity (Wildman–Crippen MR) is 69.5 cm³/mol. The molecule has 0 bridgehead atoms. The lowest BCUT2D eigenvalue weighted by molar-refractivity contribution is -0.384. The van der Waals surface area contributed by atoms with Crippen LogP contribution in [0, 0.1) is 10.1 Å². The van der Waals surface area contributed by atoms with Gasteiger partial charge in [-0.25, -0.2) is 4.98 Å². The lowest BCUT2D eigenvalue weighted by Gasteiger charge is -2.20. The average molecular weight is 268 g/mol. The largest absolute Gasteiger partial charge is 0.378 e. The van der Waals surface area contributed by atoms with Crippen molar-refractivity contribution in [3.8, 4) is 0 Å². The molecule has 0 atom stereocenters. The second-order valence-corrected chi connectivity index (χ2v) is 4.87. The van der Waals surface area contributed by atoms with Crippen LogP contribution in [0.2, 0.25) is 0 Å². The number of amides is 1. The van der Waals surface area contributed by atoms with Crippen molar-refractivity contribution in [2.24, 2.45) is 0 Å². The van der Waals surface area contributed by atoms with E-state index in [1.54, 1.807) is 0 Å². The summed E-state index contributed by atoms with van der Waals surface area (Å²) in [6.45, 7) is 5.51. The molecule has 1 amide bonds. The van der Waals surface area contributed by atoms with Crippen molar-refractivity contribution in [2.45, 2.75) is 26.3 Å². The number of nitrogens with two attached hydrogens (primary N) is 1. The Morgan fingerprint density at radius 3 is 2.63 bits per heavy atom. The molecule has 104 valence electrons. The van der Waals surface area contributed by atoms with E-state index in [4.69, 9.17) is 5.73 Å². The van der Waals surface area contributed by atoms with Crippen LogP contribution in [0.4, 0.5) is 17.5 Å². The Hall–Kier alpha value is -2.45. The van der Waals surface area contributed by atoms with Crippen molar-refractivity contribution in [1.29, 1.82) is 0 Å². The van der Waals surface area contributed by atoms with Crippen LogP contribution < -0.4 is 16.4 Å². The normalized spacial score (nSPS) is 10.9. The van der Waals surface area contributed by atoms with Gasteiger partial charge in [0, 0.05) is 5.54 Å². The maximum Gasteiger partial charge on any atom is 0.329 e. The minimum atomic E-state index is -0.675. The van der Waals surface area contributed by atoms with Crippen molar-refractivity contribution in [3.05, 3.63) is 16.3 Å². The maximum atomic E-state index is 11.5. The van der Waals surface area contributed by atoms with Gasteiger partial charge in [0.25, 0.3) is 0 Å². The summed E-state index contributed by atoms with van der Waals surface area (Å²) in [5.74, 6) is -0.432.